The monoisotopic (exact) mass is 443 g/mol. The van der Waals surface area contributed by atoms with Gasteiger partial charge in [0.05, 0.1) is 15.5 Å². The molecular weight excluding hydrogens is 422 g/mol. The second-order valence-electron chi connectivity index (χ2n) is 7.38. The normalized spacial score (nSPS) is 16.2. The van der Waals surface area contributed by atoms with Crippen LogP contribution in [0.3, 0.4) is 0 Å². The highest BCUT2D eigenvalue weighted by atomic mass is 32.2. The lowest BCUT2D eigenvalue weighted by molar-refractivity contribution is -0.384. The first-order valence-corrected chi connectivity index (χ1v) is 11.0. The number of nitro benzene ring substituents is 1. The van der Waals surface area contributed by atoms with E-state index in [4.69, 9.17) is 4.99 Å². The molecule has 1 heterocycles. The second-order valence-corrected chi connectivity index (χ2v) is 8.39. The van der Waals surface area contributed by atoms with E-state index in [0.29, 0.717) is 23.0 Å². The maximum atomic E-state index is 13.2. The number of amidine groups is 1. The maximum absolute atomic E-state index is 13.2. The first-order chi connectivity index (χ1) is 15.5. The van der Waals surface area contributed by atoms with Crippen molar-refractivity contribution in [1.82, 2.24) is 4.90 Å². The van der Waals surface area contributed by atoms with Crippen LogP contribution in [0.5, 0.6) is 0 Å². The Bertz CT molecular complexity index is 1190. The molecule has 160 valence electrons. The number of nitrogens with zero attached hydrogens (tertiary/aromatic N) is 3. The molecule has 1 aliphatic rings. The Morgan fingerprint density at radius 3 is 2.34 bits per heavy atom. The van der Waals surface area contributed by atoms with Crippen LogP contribution in [0.2, 0.25) is 0 Å². The van der Waals surface area contributed by atoms with Crippen molar-refractivity contribution in [2.75, 3.05) is 6.54 Å². The Labute approximate surface area is 190 Å². The minimum absolute atomic E-state index is 0.0173. The van der Waals surface area contributed by atoms with Gasteiger partial charge < -0.3 is 0 Å². The Kier molecular flexibility index (Phi) is 6.47. The zero-order valence-electron chi connectivity index (χ0n) is 17.5. The van der Waals surface area contributed by atoms with Gasteiger partial charge in [0.25, 0.3) is 11.6 Å². The van der Waals surface area contributed by atoms with Crippen molar-refractivity contribution in [3.8, 4) is 0 Å². The van der Waals surface area contributed by atoms with Gasteiger partial charge in [-0.15, -0.1) is 0 Å². The fourth-order valence-electron chi connectivity index (χ4n) is 3.25. The Morgan fingerprint density at radius 1 is 1.00 bits per heavy atom. The number of aryl methyl sites for hydroxylation is 1. The van der Waals surface area contributed by atoms with Gasteiger partial charge >= 0.3 is 0 Å². The number of thioether (sulfide) groups is 1. The molecule has 0 spiro atoms. The molecule has 0 N–H and O–H groups in total. The summed E-state index contributed by atoms with van der Waals surface area (Å²) in [5.74, 6) is -0.116. The summed E-state index contributed by atoms with van der Waals surface area (Å²) in [6.07, 6.45) is 2.47. The number of carbonyl (C=O) groups is 1. The fourth-order valence-corrected chi connectivity index (χ4v) is 4.27. The third-order valence-electron chi connectivity index (χ3n) is 5.02. The molecule has 7 heteroatoms. The van der Waals surface area contributed by atoms with Gasteiger partial charge in [-0.3, -0.25) is 19.8 Å². The molecule has 1 fully saturated rings. The molecule has 32 heavy (non-hydrogen) atoms. The highest BCUT2D eigenvalue weighted by molar-refractivity contribution is 8.18. The van der Waals surface area contributed by atoms with Crippen LogP contribution >= 0.6 is 11.8 Å². The largest absolute Gasteiger partial charge is 0.286 e. The van der Waals surface area contributed by atoms with Gasteiger partial charge in [-0.25, -0.2) is 4.99 Å². The summed E-state index contributed by atoms with van der Waals surface area (Å²) in [6, 6.07) is 24.0. The van der Waals surface area contributed by atoms with Crippen molar-refractivity contribution in [1.29, 1.82) is 0 Å². The molecule has 1 aliphatic heterocycles. The van der Waals surface area contributed by atoms with Gasteiger partial charge in [0.1, 0.15) is 0 Å². The molecule has 1 saturated heterocycles. The molecule has 0 aromatic heterocycles. The number of carbonyl (C=O) groups excluding carboxylic acids is 1. The Balaban J connectivity index is 1.62. The van der Waals surface area contributed by atoms with Gasteiger partial charge in [-0.2, -0.15) is 0 Å². The lowest BCUT2D eigenvalue weighted by atomic mass is 10.1. The van der Waals surface area contributed by atoms with Crippen LogP contribution in [-0.2, 0) is 11.2 Å². The van der Waals surface area contributed by atoms with E-state index in [2.05, 4.69) is 0 Å². The van der Waals surface area contributed by atoms with Crippen molar-refractivity contribution < 1.29 is 9.72 Å². The first-order valence-electron chi connectivity index (χ1n) is 10.1. The third kappa shape index (κ3) is 5.12. The summed E-state index contributed by atoms with van der Waals surface area (Å²) in [5.41, 5.74) is 3.82. The van der Waals surface area contributed by atoms with Crippen molar-refractivity contribution in [3.63, 3.8) is 0 Å². The number of non-ortho nitro benzene ring substituents is 1. The molecule has 0 bridgehead atoms. The minimum atomic E-state index is -0.440. The van der Waals surface area contributed by atoms with Crippen molar-refractivity contribution >= 4 is 40.3 Å². The summed E-state index contributed by atoms with van der Waals surface area (Å²) in [4.78, 5) is 30.6. The van der Waals surface area contributed by atoms with Crippen LogP contribution in [0.1, 0.15) is 16.7 Å². The van der Waals surface area contributed by atoms with Gasteiger partial charge in [0.15, 0.2) is 5.17 Å². The molecule has 0 aliphatic carbocycles. The zero-order valence-corrected chi connectivity index (χ0v) is 18.3. The van der Waals surface area contributed by atoms with Crippen LogP contribution in [0, 0.1) is 17.0 Å². The van der Waals surface area contributed by atoms with E-state index in [1.165, 1.54) is 23.9 Å². The molecule has 4 rings (SSSR count). The number of aliphatic imine (C=N–C) groups is 1. The van der Waals surface area contributed by atoms with Crippen LogP contribution < -0.4 is 0 Å². The highest BCUT2D eigenvalue weighted by Gasteiger charge is 2.33. The predicted molar refractivity (Wildman–Crippen MR) is 129 cm³/mol. The van der Waals surface area contributed by atoms with Crippen LogP contribution in [0.25, 0.3) is 6.08 Å². The van der Waals surface area contributed by atoms with Crippen LogP contribution in [-0.4, -0.2) is 27.4 Å². The number of nitro groups is 1. The topological polar surface area (TPSA) is 75.8 Å². The van der Waals surface area contributed by atoms with E-state index in [-0.39, 0.29) is 11.6 Å². The van der Waals surface area contributed by atoms with E-state index in [1.807, 2.05) is 61.5 Å². The first kappa shape index (κ1) is 21.5. The van der Waals surface area contributed by atoms with Crippen molar-refractivity contribution in [2.45, 2.75) is 13.3 Å². The number of rotatable bonds is 6. The van der Waals surface area contributed by atoms with Crippen molar-refractivity contribution in [3.05, 3.63) is 111 Å². The maximum Gasteiger partial charge on any atom is 0.269 e. The number of hydrogen-bond donors (Lipinski definition) is 0. The molecular formula is C25H21N3O3S. The van der Waals surface area contributed by atoms with Crippen LogP contribution in [0.15, 0.2) is 88.8 Å². The standard InChI is InChI=1S/C25H21N3O3S/c1-18-7-11-21(12-8-18)26-25-27(16-15-19-5-3-2-4-6-19)24(29)23(32-25)17-20-9-13-22(14-10-20)28(30)31/h2-14,17H,15-16H2,1H3/b23-17+,26-25?. The van der Waals surface area contributed by atoms with E-state index < -0.39 is 4.92 Å². The van der Waals surface area contributed by atoms with E-state index >= 15 is 0 Å². The summed E-state index contributed by atoms with van der Waals surface area (Å²) in [6.45, 7) is 2.53. The smallest absolute Gasteiger partial charge is 0.269 e. The van der Waals surface area contributed by atoms with Crippen LogP contribution in [0.4, 0.5) is 11.4 Å². The summed E-state index contributed by atoms with van der Waals surface area (Å²) in [7, 11) is 0. The lowest BCUT2D eigenvalue weighted by Crippen LogP contribution is -2.31. The summed E-state index contributed by atoms with van der Waals surface area (Å²) in [5, 5.41) is 11.5. The molecule has 0 saturated carbocycles. The molecule has 0 radical (unpaired) electrons. The minimum Gasteiger partial charge on any atom is -0.286 e. The predicted octanol–water partition coefficient (Wildman–Crippen LogP) is 5.75. The van der Waals surface area contributed by atoms with E-state index in [0.717, 1.165) is 22.4 Å². The van der Waals surface area contributed by atoms with Gasteiger partial charge in [-0.05, 0) is 66.6 Å². The van der Waals surface area contributed by atoms with Gasteiger partial charge in [0.2, 0.25) is 0 Å². The average molecular weight is 444 g/mol. The fraction of sp³-hybridized carbons (Fsp3) is 0.120. The summed E-state index contributed by atoms with van der Waals surface area (Å²) >= 11 is 1.32. The molecule has 0 unspecified atom stereocenters. The number of hydrogen-bond acceptors (Lipinski definition) is 5. The lowest BCUT2D eigenvalue weighted by Gasteiger charge is -2.15. The number of benzene rings is 3. The van der Waals surface area contributed by atoms with E-state index in [1.54, 1.807) is 23.1 Å². The second kappa shape index (κ2) is 9.62. The molecule has 1 amide bonds. The Morgan fingerprint density at radius 2 is 1.69 bits per heavy atom. The van der Waals surface area contributed by atoms with Gasteiger partial charge in [-0.1, -0.05) is 48.0 Å². The number of amides is 1. The average Bonchev–Trinajstić information content (AvgIpc) is 3.09. The summed E-state index contributed by atoms with van der Waals surface area (Å²) < 4.78 is 0. The molecule has 0 atom stereocenters. The molecule has 6 nitrogen and oxygen atoms in total. The SMILES string of the molecule is Cc1ccc(N=C2S/C(=C/c3ccc([N+](=O)[O-])cc3)C(=O)N2CCc2ccccc2)cc1. The van der Waals surface area contributed by atoms with E-state index in [9.17, 15) is 14.9 Å². The molecule has 3 aromatic carbocycles. The quantitative estimate of drug-likeness (QED) is 0.276. The van der Waals surface area contributed by atoms with Crippen molar-refractivity contribution in [2.24, 2.45) is 4.99 Å². The molecule has 3 aromatic rings. The Hall–Kier alpha value is -3.71. The van der Waals surface area contributed by atoms with Gasteiger partial charge in [0, 0.05) is 18.7 Å². The third-order valence-corrected chi connectivity index (χ3v) is 6.02. The zero-order chi connectivity index (χ0) is 22.5. The highest BCUT2D eigenvalue weighted by Crippen LogP contribution is 2.34.